The topological polar surface area (TPSA) is 74.0 Å². The highest BCUT2D eigenvalue weighted by Crippen LogP contribution is 2.19. The Morgan fingerprint density at radius 2 is 2.00 bits per heavy atom. The van der Waals surface area contributed by atoms with Gasteiger partial charge in [-0.2, -0.15) is 0 Å². The first-order valence-corrected chi connectivity index (χ1v) is 8.09. The molecule has 0 spiro atoms. The van der Waals surface area contributed by atoms with Gasteiger partial charge < -0.3 is 24.8 Å². The van der Waals surface area contributed by atoms with Crippen molar-refractivity contribution in [3.63, 3.8) is 0 Å². The molecule has 2 N–H and O–H groups in total. The van der Waals surface area contributed by atoms with E-state index in [1.807, 2.05) is 23.1 Å². The average molecular weight is 359 g/mol. The molecule has 1 aromatic rings. The van der Waals surface area contributed by atoms with Crippen LogP contribution in [0.3, 0.4) is 0 Å². The predicted molar refractivity (Wildman–Crippen MR) is 95.0 cm³/mol. The first-order chi connectivity index (χ1) is 11.2. The van der Waals surface area contributed by atoms with Crippen LogP contribution in [0.1, 0.15) is 19.3 Å². The molecule has 1 aliphatic heterocycles. The minimum absolute atomic E-state index is 0. The molecule has 0 bridgehead atoms. The Balaban J connectivity index is 0.00000288. The maximum atomic E-state index is 12.2. The van der Waals surface area contributed by atoms with Crippen molar-refractivity contribution in [1.82, 2.24) is 4.90 Å². The summed E-state index contributed by atoms with van der Waals surface area (Å²) in [6.07, 6.45) is 2.86. The van der Waals surface area contributed by atoms with E-state index in [4.69, 9.17) is 19.9 Å². The Hall–Kier alpha value is -1.50. The van der Waals surface area contributed by atoms with Crippen LogP contribution in [0.25, 0.3) is 0 Å². The van der Waals surface area contributed by atoms with Gasteiger partial charge in [-0.3, -0.25) is 4.79 Å². The van der Waals surface area contributed by atoms with E-state index in [1.165, 1.54) is 0 Å². The van der Waals surface area contributed by atoms with E-state index < -0.39 is 0 Å². The third-order valence-corrected chi connectivity index (χ3v) is 3.90. The number of rotatable bonds is 8. The zero-order valence-electron chi connectivity index (χ0n) is 14.1. The van der Waals surface area contributed by atoms with Crippen LogP contribution in [0.5, 0.6) is 11.5 Å². The molecule has 0 unspecified atom stereocenters. The molecule has 0 saturated carbocycles. The number of piperidine rings is 1. The molecule has 1 saturated heterocycles. The minimum atomic E-state index is 0. The molecule has 24 heavy (non-hydrogen) atoms. The lowest BCUT2D eigenvalue weighted by atomic mass is 10.1. The number of halogens is 1. The van der Waals surface area contributed by atoms with Crippen LogP contribution in [0.4, 0.5) is 0 Å². The van der Waals surface area contributed by atoms with Gasteiger partial charge in [-0.05, 0) is 37.9 Å². The van der Waals surface area contributed by atoms with Crippen LogP contribution in [0, 0.1) is 0 Å². The Morgan fingerprint density at radius 1 is 1.29 bits per heavy atom. The fourth-order valence-corrected chi connectivity index (χ4v) is 2.53. The van der Waals surface area contributed by atoms with E-state index in [-0.39, 0.29) is 31.0 Å². The molecule has 0 aliphatic carbocycles. The van der Waals surface area contributed by atoms with Crippen molar-refractivity contribution in [2.45, 2.75) is 25.4 Å². The molecule has 0 atom stereocenters. The van der Waals surface area contributed by atoms with Crippen molar-refractivity contribution in [2.24, 2.45) is 5.73 Å². The lowest BCUT2D eigenvalue weighted by Crippen LogP contribution is -2.43. The number of methoxy groups -OCH3 is 1. The zero-order valence-corrected chi connectivity index (χ0v) is 14.9. The zero-order chi connectivity index (χ0) is 16.5. The van der Waals surface area contributed by atoms with E-state index in [1.54, 1.807) is 13.2 Å². The lowest BCUT2D eigenvalue weighted by molar-refractivity contribution is -0.136. The molecule has 7 heteroatoms. The fraction of sp³-hybridized carbons (Fsp3) is 0.588. The second kappa shape index (κ2) is 11.1. The summed E-state index contributed by atoms with van der Waals surface area (Å²) in [4.78, 5) is 14.0. The van der Waals surface area contributed by atoms with Crippen LogP contribution in [0.15, 0.2) is 24.3 Å². The molecule has 136 valence electrons. The van der Waals surface area contributed by atoms with Gasteiger partial charge in [0.05, 0.1) is 13.2 Å². The van der Waals surface area contributed by atoms with Gasteiger partial charge in [-0.25, -0.2) is 0 Å². The number of ether oxygens (including phenoxy) is 3. The first kappa shape index (κ1) is 20.5. The van der Waals surface area contributed by atoms with Crippen LogP contribution in [-0.4, -0.2) is 56.9 Å². The van der Waals surface area contributed by atoms with E-state index >= 15 is 0 Å². The summed E-state index contributed by atoms with van der Waals surface area (Å²) in [5, 5.41) is 0. The van der Waals surface area contributed by atoms with E-state index in [2.05, 4.69) is 0 Å². The monoisotopic (exact) mass is 358 g/mol. The Labute approximate surface area is 149 Å². The van der Waals surface area contributed by atoms with Crippen molar-refractivity contribution >= 4 is 18.3 Å². The third kappa shape index (κ3) is 6.55. The summed E-state index contributed by atoms with van der Waals surface area (Å²) in [6.45, 7) is 2.83. The number of nitrogens with two attached hydrogens (primary N) is 1. The van der Waals surface area contributed by atoms with Crippen molar-refractivity contribution in [3.05, 3.63) is 24.3 Å². The molecule has 1 fully saturated rings. The van der Waals surface area contributed by atoms with Crippen LogP contribution in [-0.2, 0) is 9.53 Å². The average Bonchev–Trinajstić information content (AvgIpc) is 2.60. The van der Waals surface area contributed by atoms with Crippen LogP contribution in [0.2, 0.25) is 0 Å². The number of amides is 1. The van der Waals surface area contributed by atoms with E-state index in [9.17, 15) is 4.79 Å². The summed E-state index contributed by atoms with van der Waals surface area (Å²) in [6, 6.07) is 7.26. The van der Waals surface area contributed by atoms with Crippen molar-refractivity contribution in [1.29, 1.82) is 0 Å². The molecule has 1 aromatic carbocycles. The van der Waals surface area contributed by atoms with Gasteiger partial charge in [-0.15, -0.1) is 12.4 Å². The summed E-state index contributed by atoms with van der Waals surface area (Å²) in [5.41, 5.74) is 5.45. The van der Waals surface area contributed by atoms with Crippen LogP contribution >= 0.6 is 12.4 Å². The molecule has 1 aliphatic rings. The molecule has 1 heterocycles. The summed E-state index contributed by atoms with van der Waals surface area (Å²) < 4.78 is 16.4. The van der Waals surface area contributed by atoms with E-state index in [0.29, 0.717) is 37.7 Å². The molecule has 0 aromatic heterocycles. The van der Waals surface area contributed by atoms with Crippen molar-refractivity contribution < 1.29 is 19.0 Å². The van der Waals surface area contributed by atoms with Gasteiger partial charge in [0.1, 0.15) is 11.5 Å². The lowest BCUT2D eigenvalue weighted by Gasteiger charge is -2.31. The quantitative estimate of drug-likeness (QED) is 0.718. The molecule has 2 rings (SSSR count). The number of hydrogen-bond acceptors (Lipinski definition) is 5. The highest BCUT2D eigenvalue weighted by atomic mass is 35.5. The van der Waals surface area contributed by atoms with Gasteiger partial charge in [0, 0.05) is 25.8 Å². The number of nitrogens with zero attached hydrogens (tertiary/aromatic N) is 1. The molecule has 1 amide bonds. The second-order valence-corrected chi connectivity index (χ2v) is 5.56. The highest BCUT2D eigenvalue weighted by Gasteiger charge is 2.23. The second-order valence-electron chi connectivity index (χ2n) is 5.56. The molecular weight excluding hydrogens is 332 g/mol. The molecule has 6 nitrogen and oxygen atoms in total. The Bertz CT molecular complexity index is 493. The van der Waals surface area contributed by atoms with Gasteiger partial charge in [-0.1, -0.05) is 6.07 Å². The number of carbonyl (C=O) groups is 1. The van der Waals surface area contributed by atoms with Gasteiger partial charge >= 0.3 is 0 Å². The third-order valence-electron chi connectivity index (χ3n) is 3.90. The smallest absolute Gasteiger partial charge is 0.260 e. The normalized spacial score (nSPS) is 14.8. The van der Waals surface area contributed by atoms with Gasteiger partial charge in [0.25, 0.3) is 5.91 Å². The van der Waals surface area contributed by atoms with Gasteiger partial charge in [0.2, 0.25) is 0 Å². The number of carbonyl (C=O) groups excluding carboxylic acids is 1. The standard InChI is InChI=1S/C17H26N2O4.ClH/c1-21-15-4-2-5-16(12-15)23-13-17(20)19-9-6-14(7-10-19)22-11-3-8-18;/h2,4-5,12,14H,3,6-11,13,18H2,1H3;1H. The number of likely N-dealkylation sites (tertiary alicyclic amines) is 1. The Kier molecular flexibility index (Phi) is 9.52. The van der Waals surface area contributed by atoms with E-state index in [0.717, 1.165) is 19.3 Å². The maximum Gasteiger partial charge on any atom is 0.260 e. The van der Waals surface area contributed by atoms with Crippen molar-refractivity contribution in [2.75, 3.05) is 40.0 Å². The highest BCUT2D eigenvalue weighted by molar-refractivity contribution is 5.85. The van der Waals surface area contributed by atoms with Gasteiger partial charge in [0.15, 0.2) is 6.61 Å². The first-order valence-electron chi connectivity index (χ1n) is 8.09. The fourth-order valence-electron chi connectivity index (χ4n) is 2.53. The minimum Gasteiger partial charge on any atom is -0.497 e. The maximum absolute atomic E-state index is 12.2. The summed E-state index contributed by atoms with van der Waals surface area (Å²) in [5.74, 6) is 1.36. The van der Waals surface area contributed by atoms with Crippen molar-refractivity contribution in [3.8, 4) is 11.5 Å². The largest absolute Gasteiger partial charge is 0.497 e. The summed E-state index contributed by atoms with van der Waals surface area (Å²) >= 11 is 0. The number of benzene rings is 1. The predicted octanol–water partition coefficient (Wildman–Crippen LogP) is 1.85. The van der Waals surface area contributed by atoms with Crippen LogP contribution < -0.4 is 15.2 Å². The number of hydrogen-bond donors (Lipinski definition) is 1. The molecular formula is C17H27ClN2O4. The Morgan fingerprint density at radius 3 is 2.67 bits per heavy atom. The SMILES string of the molecule is COc1cccc(OCC(=O)N2CCC(OCCCN)CC2)c1.Cl. The summed E-state index contributed by atoms with van der Waals surface area (Å²) in [7, 11) is 1.60. The molecule has 0 radical (unpaired) electrons.